The normalized spacial score (nSPS) is 12.0. The molecule has 0 heterocycles. The van der Waals surface area contributed by atoms with E-state index in [2.05, 4.69) is 5.32 Å². The first-order chi connectivity index (χ1) is 18.5. The number of carbonyl (C=O) groups is 2. The van der Waals surface area contributed by atoms with Gasteiger partial charge in [-0.25, -0.2) is 8.42 Å². The van der Waals surface area contributed by atoms with Gasteiger partial charge in [-0.2, -0.15) is 0 Å². The number of carbonyl (C=O) groups excluding carboxylic acids is 2. The molecule has 7 nitrogen and oxygen atoms in total. The van der Waals surface area contributed by atoms with Crippen molar-refractivity contribution in [1.29, 1.82) is 0 Å². The number of likely N-dealkylation sites (N-methyl/N-ethyl adjacent to an activating group) is 1. The Morgan fingerprint density at radius 3 is 2.28 bits per heavy atom. The number of amides is 2. The molecule has 3 rings (SSSR count). The maximum absolute atomic E-state index is 13.7. The van der Waals surface area contributed by atoms with Gasteiger partial charge >= 0.3 is 0 Å². The lowest BCUT2D eigenvalue weighted by molar-refractivity contribution is -0.141. The maximum atomic E-state index is 13.7. The van der Waals surface area contributed by atoms with E-state index in [1.54, 1.807) is 30.1 Å². The van der Waals surface area contributed by atoms with Crippen LogP contribution in [-0.2, 0) is 32.6 Å². The van der Waals surface area contributed by atoms with Crippen LogP contribution in [0.4, 0.5) is 5.69 Å². The zero-order chi connectivity index (χ0) is 28.6. The van der Waals surface area contributed by atoms with Gasteiger partial charge in [0.25, 0.3) is 0 Å². The third-order valence-electron chi connectivity index (χ3n) is 6.54. The van der Waals surface area contributed by atoms with Crippen LogP contribution < -0.4 is 9.62 Å². The van der Waals surface area contributed by atoms with Gasteiger partial charge in [-0.15, -0.1) is 0 Å². The molecule has 0 spiro atoms. The Kier molecular flexibility index (Phi) is 10.5. The van der Waals surface area contributed by atoms with Crippen LogP contribution in [0.5, 0.6) is 0 Å². The van der Waals surface area contributed by atoms with E-state index in [1.165, 1.54) is 4.31 Å². The van der Waals surface area contributed by atoms with Crippen molar-refractivity contribution in [3.8, 4) is 0 Å². The Morgan fingerprint density at radius 2 is 1.64 bits per heavy atom. The molecular formula is C30H36ClN3O4S. The molecule has 0 aliphatic rings. The fourth-order valence-electron chi connectivity index (χ4n) is 4.56. The number of nitrogens with one attached hydrogen (secondary N) is 1. The fourth-order valence-corrected chi connectivity index (χ4v) is 5.74. The highest BCUT2D eigenvalue weighted by molar-refractivity contribution is 7.92. The van der Waals surface area contributed by atoms with Gasteiger partial charge in [0.05, 0.1) is 11.9 Å². The Bertz CT molecular complexity index is 1400. The number of anilines is 1. The summed E-state index contributed by atoms with van der Waals surface area (Å²) in [5.41, 5.74) is 4.16. The Morgan fingerprint density at radius 1 is 0.949 bits per heavy atom. The molecule has 9 heteroatoms. The first kappa shape index (κ1) is 30.2. The van der Waals surface area contributed by atoms with Crippen LogP contribution in [-0.4, -0.2) is 51.0 Å². The van der Waals surface area contributed by atoms with Crippen LogP contribution in [0.3, 0.4) is 0 Å². The topological polar surface area (TPSA) is 86.8 Å². The molecule has 0 aromatic heterocycles. The number of nitrogens with zero attached hydrogens (tertiary/aromatic N) is 2. The minimum absolute atomic E-state index is 0.0692. The molecule has 2 amide bonds. The second-order valence-corrected chi connectivity index (χ2v) is 12.0. The fraction of sp³-hybridized carbons (Fsp3) is 0.333. The van der Waals surface area contributed by atoms with Crippen molar-refractivity contribution in [2.45, 2.75) is 45.7 Å². The summed E-state index contributed by atoms with van der Waals surface area (Å²) in [5, 5.41) is 3.14. The van der Waals surface area contributed by atoms with Crippen LogP contribution in [0.15, 0.2) is 72.8 Å². The van der Waals surface area contributed by atoms with E-state index in [9.17, 15) is 18.0 Å². The highest BCUT2D eigenvalue weighted by atomic mass is 35.5. The second kappa shape index (κ2) is 13.6. The number of sulfonamides is 1. The van der Waals surface area contributed by atoms with Gasteiger partial charge in [-0.3, -0.25) is 13.9 Å². The van der Waals surface area contributed by atoms with Crippen molar-refractivity contribution in [3.05, 3.63) is 100 Å². The quantitative estimate of drug-likeness (QED) is 0.336. The van der Waals surface area contributed by atoms with Crippen molar-refractivity contribution in [1.82, 2.24) is 10.2 Å². The van der Waals surface area contributed by atoms with E-state index in [4.69, 9.17) is 11.6 Å². The lowest BCUT2D eigenvalue weighted by atomic mass is 10.0. The zero-order valence-corrected chi connectivity index (χ0v) is 24.4. The van der Waals surface area contributed by atoms with Gasteiger partial charge in [0.15, 0.2) is 0 Å². The maximum Gasteiger partial charge on any atom is 0.242 e. The van der Waals surface area contributed by atoms with E-state index in [1.807, 2.05) is 68.4 Å². The Hall–Kier alpha value is -3.36. The van der Waals surface area contributed by atoms with Gasteiger partial charge in [-0.1, -0.05) is 77.8 Å². The molecule has 0 bridgehead atoms. The molecule has 1 unspecified atom stereocenters. The predicted octanol–water partition coefficient (Wildman–Crippen LogP) is 4.89. The number of benzene rings is 3. The molecule has 1 atom stereocenters. The molecule has 39 heavy (non-hydrogen) atoms. The SMILES string of the molecule is CNC(=O)C(Cc1ccccc1)N(Cc1cccc(C)c1)C(=O)CCCN(c1cc(Cl)ccc1C)S(C)(=O)=O. The largest absolute Gasteiger partial charge is 0.357 e. The van der Waals surface area contributed by atoms with Crippen LogP contribution in [0.1, 0.15) is 35.1 Å². The molecule has 0 fully saturated rings. The molecule has 3 aromatic carbocycles. The minimum atomic E-state index is -3.62. The number of hydrogen-bond acceptors (Lipinski definition) is 4. The average molecular weight is 570 g/mol. The summed E-state index contributed by atoms with van der Waals surface area (Å²) < 4.78 is 26.6. The van der Waals surface area contributed by atoms with E-state index in [0.29, 0.717) is 17.1 Å². The van der Waals surface area contributed by atoms with Crippen LogP contribution in [0, 0.1) is 13.8 Å². The summed E-state index contributed by atoms with van der Waals surface area (Å²) in [4.78, 5) is 28.4. The van der Waals surface area contributed by atoms with Crippen LogP contribution >= 0.6 is 11.6 Å². The first-order valence-electron chi connectivity index (χ1n) is 12.8. The molecule has 0 saturated carbocycles. The second-order valence-electron chi connectivity index (χ2n) is 9.70. The molecule has 0 aliphatic heterocycles. The van der Waals surface area contributed by atoms with E-state index >= 15 is 0 Å². The van der Waals surface area contributed by atoms with E-state index < -0.39 is 16.1 Å². The van der Waals surface area contributed by atoms with Crippen LogP contribution in [0.25, 0.3) is 0 Å². The van der Waals surface area contributed by atoms with Crippen molar-refractivity contribution in [3.63, 3.8) is 0 Å². The monoisotopic (exact) mass is 569 g/mol. The number of rotatable bonds is 12. The summed E-state index contributed by atoms with van der Waals surface area (Å²) in [6.45, 7) is 4.16. The van der Waals surface area contributed by atoms with Crippen molar-refractivity contribution >= 4 is 39.1 Å². The molecule has 1 N–H and O–H groups in total. The van der Waals surface area contributed by atoms with Crippen molar-refractivity contribution in [2.24, 2.45) is 0 Å². The molecular weight excluding hydrogens is 534 g/mol. The minimum Gasteiger partial charge on any atom is -0.357 e. The smallest absolute Gasteiger partial charge is 0.242 e. The van der Waals surface area contributed by atoms with Gasteiger partial charge in [0.1, 0.15) is 6.04 Å². The summed E-state index contributed by atoms with van der Waals surface area (Å²) in [6.07, 6.45) is 1.84. The highest BCUT2D eigenvalue weighted by Crippen LogP contribution is 2.27. The van der Waals surface area contributed by atoms with E-state index in [0.717, 1.165) is 28.5 Å². The predicted molar refractivity (Wildman–Crippen MR) is 157 cm³/mol. The highest BCUT2D eigenvalue weighted by Gasteiger charge is 2.30. The molecule has 0 radical (unpaired) electrons. The summed E-state index contributed by atoms with van der Waals surface area (Å²) in [6, 6.07) is 21.8. The van der Waals surface area contributed by atoms with Gasteiger partial charge in [0.2, 0.25) is 21.8 Å². The zero-order valence-electron chi connectivity index (χ0n) is 22.9. The lowest BCUT2D eigenvalue weighted by Crippen LogP contribution is -2.49. The van der Waals surface area contributed by atoms with Crippen molar-refractivity contribution < 1.29 is 18.0 Å². The van der Waals surface area contributed by atoms with Crippen LogP contribution in [0.2, 0.25) is 5.02 Å². The molecule has 0 aliphatic carbocycles. The first-order valence-corrected chi connectivity index (χ1v) is 15.1. The molecule has 0 saturated heterocycles. The standard InChI is InChI=1S/C30H36ClN3O4S/c1-22-10-8-13-25(18-22)21-33(28(30(36)32-3)19-24-11-6-5-7-12-24)29(35)14-9-17-34(39(4,37)38)27-20-26(31)16-15-23(27)2/h5-8,10-13,15-16,18,20,28H,9,14,17,19,21H2,1-4H3,(H,32,36). The molecule has 3 aromatic rings. The van der Waals surface area contributed by atoms with Gasteiger partial charge < -0.3 is 10.2 Å². The average Bonchev–Trinajstić information content (AvgIpc) is 2.89. The number of aryl methyl sites for hydroxylation is 2. The summed E-state index contributed by atoms with van der Waals surface area (Å²) in [5.74, 6) is -0.482. The third kappa shape index (κ3) is 8.57. The number of halogens is 1. The molecule has 208 valence electrons. The van der Waals surface area contributed by atoms with Gasteiger partial charge in [-0.05, 0) is 49.1 Å². The Balaban J connectivity index is 1.86. The Labute approximate surface area is 236 Å². The number of hydrogen-bond donors (Lipinski definition) is 1. The van der Waals surface area contributed by atoms with Crippen molar-refractivity contribution in [2.75, 3.05) is 24.2 Å². The van der Waals surface area contributed by atoms with Gasteiger partial charge in [0, 0.05) is 38.0 Å². The summed E-state index contributed by atoms with van der Waals surface area (Å²) >= 11 is 6.15. The van der Waals surface area contributed by atoms with E-state index in [-0.39, 0.29) is 37.7 Å². The summed E-state index contributed by atoms with van der Waals surface area (Å²) in [7, 11) is -2.06. The lowest BCUT2D eigenvalue weighted by Gasteiger charge is -2.32. The third-order valence-corrected chi connectivity index (χ3v) is 7.96.